The van der Waals surface area contributed by atoms with Crippen LogP contribution in [-0.2, 0) is 0 Å². The first kappa shape index (κ1) is 11.8. The molecule has 1 fully saturated rings. The maximum absolute atomic E-state index is 13.8. The highest BCUT2D eigenvalue weighted by Gasteiger charge is 2.48. The molecule has 0 aliphatic heterocycles. The highest BCUT2D eigenvalue weighted by atomic mass is 35.5. The van der Waals surface area contributed by atoms with Crippen molar-refractivity contribution < 1.29 is 4.39 Å². The summed E-state index contributed by atoms with van der Waals surface area (Å²) in [6.07, 6.45) is 1.86. The first-order valence-corrected chi connectivity index (χ1v) is 5.72. The lowest BCUT2D eigenvalue weighted by atomic mass is 9.96. The molecule has 0 heterocycles. The quantitative estimate of drug-likeness (QED) is 0.883. The van der Waals surface area contributed by atoms with Gasteiger partial charge in [0.25, 0.3) is 0 Å². The molecule has 1 aromatic carbocycles. The van der Waals surface area contributed by atoms with Gasteiger partial charge in [-0.05, 0) is 45.1 Å². The van der Waals surface area contributed by atoms with Crippen molar-refractivity contribution in [1.29, 1.82) is 0 Å². The van der Waals surface area contributed by atoms with E-state index in [0.29, 0.717) is 10.6 Å². The molecule has 1 aromatic rings. The molecule has 0 saturated heterocycles. The van der Waals surface area contributed by atoms with Crippen LogP contribution in [0.5, 0.6) is 0 Å². The number of likely N-dealkylation sites (N-methyl/N-ethyl adjacent to an activating group) is 1. The van der Waals surface area contributed by atoms with Gasteiger partial charge in [-0.3, -0.25) is 0 Å². The third-order valence-corrected chi connectivity index (χ3v) is 3.38. The van der Waals surface area contributed by atoms with Gasteiger partial charge in [0.1, 0.15) is 5.82 Å². The Morgan fingerprint density at radius 2 is 2.06 bits per heavy atom. The molecule has 0 spiro atoms. The van der Waals surface area contributed by atoms with E-state index in [1.165, 1.54) is 6.07 Å². The van der Waals surface area contributed by atoms with Gasteiger partial charge in [0.15, 0.2) is 0 Å². The van der Waals surface area contributed by atoms with Gasteiger partial charge in [-0.2, -0.15) is 0 Å². The van der Waals surface area contributed by atoms with Crippen LogP contribution in [0.3, 0.4) is 0 Å². The van der Waals surface area contributed by atoms with E-state index in [9.17, 15) is 4.39 Å². The lowest BCUT2D eigenvalue weighted by molar-refractivity contribution is 0.239. The minimum absolute atomic E-state index is 0.105. The van der Waals surface area contributed by atoms with E-state index in [-0.39, 0.29) is 17.4 Å². The fraction of sp³-hybridized carbons (Fsp3) is 0.500. The fourth-order valence-corrected chi connectivity index (χ4v) is 2.42. The van der Waals surface area contributed by atoms with Crippen LogP contribution in [0.4, 0.5) is 4.39 Å². The van der Waals surface area contributed by atoms with Gasteiger partial charge in [-0.25, -0.2) is 4.39 Å². The van der Waals surface area contributed by atoms with E-state index in [2.05, 4.69) is 0 Å². The van der Waals surface area contributed by atoms with Crippen LogP contribution in [-0.4, -0.2) is 24.5 Å². The molecular weight excluding hydrogens is 227 g/mol. The molecule has 1 aliphatic carbocycles. The van der Waals surface area contributed by atoms with Gasteiger partial charge < -0.3 is 10.6 Å². The molecule has 1 unspecified atom stereocenters. The van der Waals surface area contributed by atoms with Crippen LogP contribution < -0.4 is 5.73 Å². The number of hydrogen-bond donors (Lipinski definition) is 1. The topological polar surface area (TPSA) is 29.3 Å². The molecule has 1 atom stereocenters. The van der Waals surface area contributed by atoms with Gasteiger partial charge in [-0.1, -0.05) is 11.6 Å². The Balaban J connectivity index is 2.43. The first-order chi connectivity index (χ1) is 7.44. The Kier molecular flexibility index (Phi) is 2.95. The van der Waals surface area contributed by atoms with Crippen molar-refractivity contribution in [1.82, 2.24) is 4.90 Å². The second-order valence-corrected chi connectivity index (χ2v) is 5.20. The number of nitrogens with zero attached hydrogens (tertiary/aromatic N) is 1. The molecule has 0 aromatic heterocycles. The van der Waals surface area contributed by atoms with E-state index >= 15 is 0 Å². The summed E-state index contributed by atoms with van der Waals surface area (Å²) in [6.45, 7) is 0. The number of benzene rings is 1. The van der Waals surface area contributed by atoms with Gasteiger partial charge in [-0.15, -0.1) is 0 Å². The average Bonchev–Trinajstić information content (AvgIpc) is 2.90. The zero-order valence-electron chi connectivity index (χ0n) is 9.50. The summed E-state index contributed by atoms with van der Waals surface area (Å²) in [6, 6.07) is 4.53. The molecule has 2 rings (SSSR count). The Labute approximate surface area is 100 Å². The highest BCUT2D eigenvalue weighted by molar-refractivity contribution is 6.30. The summed E-state index contributed by atoms with van der Waals surface area (Å²) in [5.41, 5.74) is 6.49. The number of hydrogen-bond acceptors (Lipinski definition) is 2. The van der Waals surface area contributed by atoms with E-state index in [1.807, 2.05) is 19.0 Å². The summed E-state index contributed by atoms with van der Waals surface area (Å²) in [5, 5.41) is 0.549. The average molecular weight is 243 g/mol. The Hall–Kier alpha value is -0.640. The molecule has 4 heteroatoms. The van der Waals surface area contributed by atoms with Crippen molar-refractivity contribution in [2.75, 3.05) is 14.1 Å². The minimum Gasteiger partial charge on any atom is -0.323 e. The van der Waals surface area contributed by atoms with Gasteiger partial charge in [0.2, 0.25) is 0 Å². The number of halogens is 2. The van der Waals surface area contributed by atoms with Crippen LogP contribution in [0, 0.1) is 5.82 Å². The monoisotopic (exact) mass is 242 g/mol. The zero-order chi connectivity index (χ0) is 11.9. The lowest BCUT2D eigenvalue weighted by Gasteiger charge is -2.30. The molecule has 0 radical (unpaired) electrons. The summed E-state index contributed by atoms with van der Waals surface area (Å²) < 4.78 is 13.8. The smallest absolute Gasteiger partial charge is 0.128 e. The summed E-state index contributed by atoms with van der Waals surface area (Å²) in [5.74, 6) is -0.236. The van der Waals surface area contributed by atoms with Gasteiger partial charge >= 0.3 is 0 Å². The Bertz CT molecular complexity index is 402. The molecule has 88 valence electrons. The van der Waals surface area contributed by atoms with Crippen molar-refractivity contribution in [2.45, 2.75) is 24.4 Å². The van der Waals surface area contributed by atoms with Crippen LogP contribution >= 0.6 is 11.6 Å². The third kappa shape index (κ3) is 2.08. The largest absolute Gasteiger partial charge is 0.323 e. The van der Waals surface area contributed by atoms with E-state index < -0.39 is 0 Å². The second-order valence-electron chi connectivity index (χ2n) is 4.77. The third-order valence-electron chi connectivity index (χ3n) is 3.14. The zero-order valence-corrected chi connectivity index (χ0v) is 10.3. The first-order valence-electron chi connectivity index (χ1n) is 5.34. The van der Waals surface area contributed by atoms with Crippen LogP contribution in [0.2, 0.25) is 5.02 Å². The van der Waals surface area contributed by atoms with E-state index in [0.717, 1.165) is 12.8 Å². The highest BCUT2D eigenvalue weighted by Crippen LogP contribution is 2.46. The molecule has 0 amide bonds. The Morgan fingerprint density at radius 3 is 2.56 bits per heavy atom. The van der Waals surface area contributed by atoms with Crippen molar-refractivity contribution in [3.8, 4) is 0 Å². The minimum atomic E-state index is -0.297. The Morgan fingerprint density at radius 1 is 1.44 bits per heavy atom. The van der Waals surface area contributed by atoms with Crippen LogP contribution in [0.1, 0.15) is 24.4 Å². The van der Waals surface area contributed by atoms with Crippen molar-refractivity contribution in [2.24, 2.45) is 5.73 Å². The summed E-state index contributed by atoms with van der Waals surface area (Å²) >= 11 is 5.91. The fourth-order valence-electron chi connectivity index (χ4n) is 2.24. The van der Waals surface area contributed by atoms with Crippen molar-refractivity contribution in [3.63, 3.8) is 0 Å². The molecular formula is C12H16ClFN2. The van der Waals surface area contributed by atoms with Gasteiger partial charge in [0.05, 0.1) is 6.04 Å². The summed E-state index contributed by atoms with van der Waals surface area (Å²) in [4.78, 5) is 1.96. The predicted molar refractivity (Wildman–Crippen MR) is 64.0 cm³/mol. The standard InChI is InChI=1S/C12H16ClFN2/c1-16(2)11(12(15)5-6-12)9-7-8(13)3-4-10(9)14/h3-4,7,11H,5-6,15H2,1-2H3. The molecule has 2 nitrogen and oxygen atoms in total. The van der Waals surface area contributed by atoms with Gasteiger partial charge in [0, 0.05) is 16.1 Å². The molecule has 1 aliphatic rings. The lowest BCUT2D eigenvalue weighted by Crippen LogP contribution is -2.39. The molecule has 16 heavy (non-hydrogen) atoms. The maximum atomic E-state index is 13.8. The second kappa shape index (κ2) is 3.99. The molecule has 2 N–H and O–H groups in total. The maximum Gasteiger partial charge on any atom is 0.128 e. The van der Waals surface area contributed by atoms with E-state index in [1.54, 1.807) is 12.1 Å². The number of nitrogens with two attached hydrogens (primary N) is 1. The summed E-state index contributed by atoms with van der Waals surface area (Å²) in [7, 11) is 3.83. The van der Waals surface area contributed by atoms with Crippen molar-refractivity contribution >= 4 is 11.6 Å². The SMILES string of the molecule is CN(C)C(c1cc(Cl)ccc1F)C1(N)CC1. The van der Waals surface area contributed by atoms with Crippen molar-refractivity contribution in [3.05, 3.63) is 34.6 Å². The molecule has 0 bridgehead atoms. The number of rotatable bonds is 3. The van der Waals surface area contributed by atoms with Crippen LogP contribution in [0.25, 0.3) is 0 Å². The molecule has 1 saturated carbocycles. The van der Waals surface area contributed by atoms with Crippen LogP contribution in [0.15, 0.2) is 18.2 Å². The normalized spacial score (nSPS) is 19.9. The predicted octanol–water partition coefficient (Wildman–Crippen LogP) is 2.57. The van der Waals surface area contributed by atoms with E-state index in [4.69, 9.17) is 17.3 Å².